The molecule has 2 bridgehead atoms. The SMILES string of the molecule is CCOC(=O)[C@H]1[C@@H]2SC3(CC2Br)C(C(=O)NC(C)C)N([C@H](C)CO)C(=O)[C@H]13. The third-order valence-corrected chi connectivity index (χ3v) is 8.92. The predicted octanol–water partition coefficient (Wildman–Crippen LogP) is 0.919. The summed E-state index contributed by atoms with van der Waals surface area (Å²) in [6.07, 6.45) is 0.624. The van der Waals surface area contributed by atoms with E-state index in [0.29, 0.717) is 6.42 Å². The first-order chi connectivity index (χ1) is 12.7. The number of halogens is 1. The lowest BCUT2D eigenvalue weighted by atomic mass is 9.71. The van der Waals surface area contributed by atoms with E-state index in [0.717, 1.165) is 0 Å². The van der Waals surface area contributed by atoms with E-state index < -0.39 is 28.7 Å². The molecular formula is C18H27BrN2O5S. The second-order valence-electron chi connectivity index (χ2n) is 7.86. The number of hydrogen-bond acceptors (Lipinski definition) is 6. The molecule has 7 atom stereocenters. The Morgan fingerprint density at radius 1 is 1.44 bits per heavy atom. The lowest BCUT2D eigenvalue weighted by molar-refractivity contribution is -0.154. The van der Waals surface area contributed by atoms with Crippen LogP contribution in [0, 0.1) is 11.8 Å². The van der Waals surface area contributed by atoms with Gasteiger partial charge < -0.3 is 20.1 Å². The smallest absolute Gasteiger partial charge is 0.310 e. The summed E-state index contributed by atoms with van der Waals surface area (Å²) in [5, 5.41) is 12.5. The van der Waals surface area contributed by atoms with E-state index in [1.807, 2.05) is 13.8 Å². The Morgan fingerprint density at radius 3 is 2.67 bits per heavy atom. The van der Waals surface area contributed by atoms with Crippen molar-refractivity contribution in [2.75, 3.05) is 13.2 Å². The van der Waals surface area contributed by atoms with Gasteiger partial charge in [0.2, 0.25) is 11.8 Å². The van der Waals surface area contributed by atoms with Crippen LogP contribution in [0.5, 0.6) is 0 Å². The van der Waals surface area contributed by atoms with Crippen LogP contribution in [-0.2, 0) is 19.1 Å². The Balaban J connectivity index is 2.06. The normalized spacial score (nSPS) is 38.3. The van der Waals surface area contributed by atoms with Crippen LogP contribution < -0.4 is 5.32 Å². The fourth-order valence-electron chi connectivity index (χ4n) is 4.80. The zero-order valence-electron chi connectivity index (χ0n) is 16.0. The second-order valence-corrected chi connectivity index (χ2v) is 10.6. The van der Waals surface area contributed by atoms with E-state index in [2.05, 4.69) is 21.2 Å². The molecule has 3 aliphatic heterocycles. The average Bonchev–Trinajstić information content (AvgIpc) is 3.17. The molecule has 3 aliphatic rings. The number of ether oxygens (including phenoxy) is 1. The number of fused-ring (bicyclic) bond motifs is 1. The largest absolute Gasteiger partial charge is 0.466 e. The van der Waals surface area contributed by atoms with Crippen LogP contribution in [0.1, 0.15) is 34.1 Å². The maximum atomic E-state index is 13.4. The van der Waals surface area contributed by atoms with Crippen molar-refractivity contribution in [3.63, 3.8) is 0 Å². The van der Waals surface area contributed by atoms with Crippen LogP contribution in [0.15, 0.2) is 0 Å². The number of esters is 1. The number of thioether (sulfide) groups is 1. The fourth-order valence-corrected chi connectivity index (χ4v) is 8.39. The van der Waals surface area contributed by atoms with Gasteiger partial charge in [0.25, 0.3) is 0 Å². The highest BCUT2D eigenvalue weighted by Gasteiger charge is 2.76. The summed E-state index contributed by atoms with van der Waals surface area (Å²) in [6, 6.07) is -1.29. The molecule has 7 nitrogen and oxygen atoms in total. The van der Waals surface area contributed by atoms with E-state index in [1.165, 1.54) is 4.90 Å². The third-order valence-electron chi connectivity index (χ3n) is 5.70. The highest BCUT2D eigenvalue weighted by atomic mass is 79.9. The van der Waals surface area contributed by atoms with Gasteiger partial charge in [-0.2, -0.15) is 0 Å². The number of hydrogen-bond donors (Lipinski definition) is 2. The zero-order chi connectivity index (χ0) is 20.1. The van der Waals surface area contributed by atoms with E-state index >= 15 is 0 Å². The van der Waals surface area contributed by atoms with Crippen molar-refractivity contribution in [3.8, 4) is 0 Å². The molecule has 0 aliphatic carbocycles. The lowest BCUT2D eigenvalue weighted by Crippen LogP contribution is -2.57. The molecule has 2 amide bonds. The van der Waals surface area contributed by atoms with Crippen molar-refractivity contribution in [2.45, 2.75) is 67.1 Å². The summed E-state index contributed by atoms with van der Waals surface area (Å²) >= 11 is 5.23. The maximum absolute atomic E-state index is 13.4. The predicted molar refractivity (Wildman–Crippen MR) is 106 cm³/mol. The topological polar surface area (TPSA) is 95.9 Å². The number of nitrogens with one attached hydrogen (secondary N) is 1. The van der Waals surface area contributed by atoms with Gasteiger partial charge in [-0.1, -0.05) is 15.9 Å². The molecule has 3 rings (SSSR count). The molecule has 0 radical (unpaired) electrons. The molecule has 2 N–H and O–H groups in total. The number of likely N-dealkylation sites (tertiary alicyclic amines) is 1. The highest BCUT2D eigenvalue weighted by molar-refractivity contribution is 9.09. The number of alkyl halides is 1. The Hall–Kier alpha value is -0.800. The summed E-state index contributed by atoms with van der Waals surface area (Å²) in [5.41, 5.74) is 0. The summed E-state index contributed by atoms with van der Waals surface area (Å²) < 4.78 is 4.58. The van der Waals surface area contributed by atoms with E-state index in [-0.39, 0.29) is 47.1 Å². The van der Waals surface area contributed by atoms with Crippen molar-refractivity contribution >= 4 is 45.5 Å². The first-order valence-corrected chi connectivity index (χ1v) is 11.2. The number of nitrogens with zero attached hydrogens (tertiary/aromatic N) is 1. The maximum Gasteiger partial charge on any atom is 0.310 e. The van der Waals surface area contributed by atoms with Gasteiger partial charge in [0, 0.05) is 16.1 Å². The minimum atomic E-state index is -0.714. The minimum Gasteiger partial charge on any atom is -0.466 e. The van der Waals surface area contributed by atoms with E-state index in [4.69, 9.17) is 4.74 Å². The third kappa shape index (κ3) is 3.09. The van der Waals surface area contributed by atoms with Gasteiger partial charge >= 0.3 is 5.97 Å². The Kier molecular flexibility index (Phi) is 5.85. The highest BCUT2D eigenvalue weighted by Crippen LogP contribution is 2.68. The fraction of sp³-hybridized carbons (Fsp3) is 0.833. The number of carbonyl (C=O) groups is 3. The molecule has 3 heterocycles. The van der Waals surface area contributed by atoms with Gasteiger partial charge in [-0.15, -0.1) is 11.8 Å². The van der Waals surface area contributed by atoms with Gasteiger partial charge in [0.1, 0.15) is 6.04 Å². The standard InChI is InChI=1S/C18H27BrN2O5S/c1-5-26-17(25)11-12-16(24)21(9(4)7-22)14(15(23)20-8(2)3)18(12)6-10(19)13(11)27-18/h8-14,22H,5-7H2,1-4H3,(H,20,23)/t9-,10?,11-,12+,13-,14?,18?/m1/s1. The minimum absolute atomic E-state index is 0.0275. The Morgan fingerprint density at radius 2 is 2.11 bits per heavy atom. The van der Waals surface area contributed by atoms with Crippen LogP contribution in [0.4, 0.5) is 0 Å². The molecule has 3 fully saturated rings. The molecule has 152 valence electrons. The summed E-state index contributed by atoms with van der Waals surface area (Å²) in [5.74, 6) is -2.00. The van der Waals surface area contributed by atoms with Crippen molar-refractivity contribution in [1.82, 2.24) is 10.2 Å². The van der Waals surface area contributed by atoms with Crippen LogP contribution in [0.2, 0.25) is 0 Å². The molecule has 0 aromatic rings. The molecule has 0 saturated carbocycles. The number of carbonyl (C=O) groups excluding carboxylic acids is 3. The molecule has 27 heavy (non-hydrogen) atoms. The van der Waals surface area contributed by atoms with Gasteiger partial charge in [0.05, 0.1) is 35.8 Å². The molecule has 1 spiro atoms. The van der Waals surface area contributed by atoms with Gasteiger partial charge in [-0.05, 0) is 34.1 Å². The summed E-state index contributed by atoms with van der Waals surface area (Å²) in [4.78, 5) is 40.8. The number of aliphatic hydroxyl groups excluding tert-OH is 1. The van der Waals surface area contributed by atoms with Gasteiger partial charge in [0.15, 0.2) is 0 Å². The van der Waals surface area contributed by atoms with E-state index in [1.54, 1.807) is 25.6 Å². The van der Waals surface area contributed by atoms with Crippen LogP contribution in [-0.4, -0.2) is 74.0 Å². The van der Waals surface area contributed by atoms with Crippen molar-refractivity contribution in [1.29, 1.82) is 0 Å². The monoisotopic (exact) mass is 462 g/mol. The Labute approximate surface area is 172 Å². The zero-order valence-corrected chi connectivity index (χ0v) is 18.4. The Bertz CT molecular complexity index is 647. The number of rotatable bonds is 6. The van der Waals surface area contributed by atoms with Gasteiger partial charge in [-0.25, -0.2) is 0 Å². The quantitative estimate of drug-likeness (QED) is 0.450. The lowest BCUT2D eigenvalue weighted by Gasteiger charge is -2.36. The van der Waals surface area contributed by atoms with Crippen molar-refractivity contribution < 1.29 is 24.2 Å². The number of amides is 2. The second kappa shape index (κ2) is 7.55. The summed E-state index contributed by atoms with van der Waals surface area (Å²) in [7, 11) is 0. The molecule has 0 aromatic carbocycles. The molecular weight excluding hydrogens is 436 g/mol. The molecule has 9 heteroatoms. The van der Waals surface area contributed by atoms with Crippen molar-refractivity contribution in [2.24, 2.45) is 11.8 Å². The summed E-state index contributed by atoms with van der Waals surface area (Å²) in [6.45, 7) is 7.23. The molecule has 0 aromatic heterocycles. The molecule has 3 unspecified atom stereocenters. The van der Waals surface area contributed by atoms with Crippen LogP contribution >= 0.6 is 27.7 Å². The van der Waals surface area contributed by atoms with E-state index in [9.17, 15) is 19.5 Å². The first kappa shape index (κ1) is 20.9. The van der Waals surface area contributed by atoms with Crippen molar-refractivity contribution in [3.05, 3.63) is 0 Å². The number of aliphatic hydroxyl groups is 1. The first-order valence-electron chi connectivity index (χ1n) is 9.41. The average molecular weight is 463 g/mol. The van der Waals surface area contributed by atoms with Crippen LogP contribution in [0.25, 0.3) is 0 Å². The van der Waals surface area contributed by atoms with Crippen LogP contribution in [0.3, 0.4) is 0 Å². The van der Waals surface area contributed by atoms with Gasteiger partial charge in [-0.3, -0.25) is 14.4 Å². The molecule has 3 saturated heterocycles.